The fourth-order valence-electron chi connectivity index (χ4n) is 6.14. The van der Waals surface area contributed by atoms with Crippen LogP contribution >= 0.6 is 0 Å². The topological polar surface area (TPSA) is 158 Å². The van der Waals surface area contributed by atoms with Crippen molar-refractivity contribution in [2.45, 2.75) is 79.1 Å². The highest BCUT2D eigenvalue weighted by Gasteiger charge is 2.33. The first-order chi connectivity index (χ1) is 21.9. The van der Waals surface area contributed by atoms with Crippen LogP contribution in [0.1, 0.15) is 108 Å². The minimum atomic E-state index is -1.17. The summed E-state index contributed by atoms with van der Waals surface area (Å²) in [6.45, 7) is 15.6. The summed E-state index contributed by atoms with van der Waals surface area (Å²) < 4.78 is 5.30. The van der Waals surface area contributed by atoms with Crippen LogP contribution in [0.25, 0.3) is 33.7 Å². The molecule has 0 aromatic carbocycles. The lowest BCUT2D eigenvalue weighted by atomic mass is 9.85. The monoisotopic (exact) mass is 626 g/mol. The number of aromatic carboxylic acids is 1. The van der Waals surface area contributed by atoms with E-state index in [2.05, 4.69) is 29.5 Å². The number of allylic oxidation sites excluding steroid dienone is 2. The SMILES string of the molecule is C=Cc1c(C)c2cc3nc(c(CC(=O)OCC)c4[nH]c(ccnc(/C(C)=C/CC)cc1[nH]2)c(C)c4C(=O)O)[C@@H](CCC(=O)O)[C@@H]3C. The Kier molecular flexibility index (Phi) is 10.6. The molecule has 4 heterocycles. The summed E-state index contributed by atoms with van der Waals surface area (Å²) in [5.41, 5.74) is 7.92. The van der Waals surface area contributed by atoms with Gasteiger partial charge in [0, 0.05) is 57.8 Å². The lowest BCUT2D eigenvalue weighted by Crippen LogP contribution is -2.13. The predicted molar refractivity (Wildman–Crippen MR) is 180 cm³/mol. The second-order valence-corrected chi connectivity index (χ2v) is 11.5. The summed E-state index contributed by atoms with van der Waals surface area (Å²) in [5, 5.41) is 20.0. The molecule has 3 aromatic heterocycles. The van der Waals surface area contributed by atoms with E-state index in [9.17, 15) is 24.6 Å². The standard InChI is InChI=1S/C36H42N4O6/c1-8-11-19(4)27-17-30-23(9-2)20(5)28(38-30)18-29-21(6)24(12-13-31(41)42)34(40-29)25(16-32(43)46-10-3)35-33(36(44)45)22(7)26(39-35)14-15-37-27/h9,11,14-15,17-18,21,24,38-39H,2,8,10,12-13,16H2,1,3-7H3,(H,41,42)(H,44,45)/b15-14?,19-11+,26-14?,27-17?,28-18?,29-18?,30-17?,34-25?,35-25?,37-15?,37-27?/t21-,24-/m0/s1. The van der Waals surface area contributed by atoms with Crippen LogP contribution in [0, 0.1) is 13.8 Å². The number of carboxylic acids is 2. The average molecular weight is 627 g/mol. The van der Waals surface area contributed by atoms with E-state index in [1.807, 2.05) is 32.9 Å². The van der Waals surface area contributed by atoms with E-state index in [0.29, 0.717) is 28.0 Å². The third-order valence-electron chi connectivity index (χ3n) is 8.59. The van der Waals surface area contributed by atoms with Crippen molar-refractivity contribution in [3.8, 4) is 0 Å². The molecule has 6 bridgehead atoms. The zero-order valence-corrected chi connectivity index (χ0v) is 27.3. The van der Waals surface area contributed by atoms with Crippen LogP contribution in [0.15, 0.2) is 37.1 Å². The van der Waals surface area contributed by atoms with E-state index in [0.717, 1.165) is 39.8 Å². The normalized spacial score (nSPS) is 15.4. The molecule has 0 unspecified atom stereocenters. The van der Waals surface area contributed by atoms with Gasteiger partial charge in [-0.05, 0) is 75.4 Å². The minimum Gasteiger partial charge on any atom is -0.481 e. The van der Waals surface area contributed by atoms with E-state index in [1.54, 1.807) is 32.2 Å². The molecule has 0 radical (unpaired) electrons. The van der Waals surface area contributed by atoms with Gasteiger partial charge in [0.15, 0.2) is 0 Å². The summed E-state index contributed by atoms with van der Waals surface area (Å²) >= 11 is 0. The fourth-order valence-corrected chi connectivity index (χ4v) is 6.14. The largest absolute Gasteiger partial charge is 0.481 e. The lowest BCUT2D eigenvalue weighted by Gasteiger charge is -2.17. The maximum absolute atomic E-state index is 13.0. The molecular formula is C36H42N4O6. The van der Waals surface area contributed by atoms with Gasteiger partial charge < -0.3 is 24.9 Å². The summed E-state index contributed by atoms with van der Waals surface area (Å²) in [6, 6.07) is 5.61. The molecule has 0 fully saturated rings. The first-order valence-electron chi connectivity index (χ1n) is 15.5. The Morgan fingerprint density at radius 2 is 1.80 bits per heavy atom. The molecule has 10 heteroatoms. The molecule has 4 N–H and O–H groups in total. The molecule has 4 rings (SSSR count). The third-order valence-corrected chi connectivity index (χ3v) is 8.59. The average Bonchev–Trinajstić information content (AvgIpc) is 3.59. The van der Waals surface area contributed by atoms with Crippen molar-refractivity contribution < 1.29 is 29.3 Å². The number of rotatable bonds is 10. The van der Waals surface area contributed by atoms with Crippen molar-refractivity contribution in [3.63, 3.8) is 0 Å². The molecule has 3 aromatic rings. The molecule has 0 aliphatic carbocycles. The molecule has 242 valence electrons. The Bertz CT molecular complexity index is 1880. The highest BCUT2D eigenvalue weighted by molar-refractivity contribution is 6.02. The summed E-state index contributed by atoms with van der Waals surface area (Å²) in [5.74, 6) is -3.30. The van der Waals surface area contributed by atoms with E-state index >= 15 is 0 Å². The Labute approximate surface area is 268 Å². The number of carbonyl (C=O) groups excluding carboxylic acids is 1. The number of carbonyl (C=O) groups is 3. The number of aromatic amines is 2. The molecule has 1 aliphatic heterocycles. The Morgan fingerprint density at radius 1 is 1.07 bits per heavy atom. The van der Waals surface area contributed by atoms with Crippen molar-refractivity contribution in [1.82, 2.24) is 19.9 Å². The van der Waals surface area contributed by atoms with Crippen molar-refractivity contribution in [3.05, 3.63) is 81.9 Å². The quantitative estimate of drug-likeness (QED) is 0.167. The number of ether oxygens (including phenoxy) is 1. The van der Waals surface area contributed by atoms with Gasteiger partial charge in [-0.25, -0.2) is 4.79 Å². The number of hydrogen-bond acceptors (Lipinski definition) is 6. The summed E-state index contributed by atoms with van der Waals surface area (Å²) in [6.07, 6.45) is 6.20. The highest BCUT2D eigenvalue weighted by atomic mass is 16.5. The van der Waals surface area contributed by atoms with Crippen molar-refractivity contribution in [1.29, 1.82) is 0 Å². The number of H-pyrrole nitrogens is 2. The first kappa shape index (κ1) is 33.9. The van der Waals surface area contributed by atoms with Crippen LogP contribution in [-0.4, -0.2) is 54.7 Å². The first-order valence-corrected chi connectivity index (χ1v) is 15.5. The zero-order valence-electron chi connectivity index (χ0n) is 27.3. The minimum absolute atomic E-state index is 0.00548. The number of aliphatic carboxylic acids is 1. The third kappa shape index (κ3) is 6.96. The number of fused-ring (bicyclic) bond motifs is 6. The molecule has 2 atom stereocenters. The van der Waals surface area contributed by atoms with Crippen molar-refractivity contribution in [2.75, 3.05) is 6.61 Å². The fraction of sp³-hybridized carbons (Fsp3) is 0.361. The number of nitrogens with one attached hydrogen (secondary N) is 2. The number of aromatic nitrogens is 4. The van der Waals surface area contributed by atoms with Crippen LogP contribution in [0.2, 0.25) is 0 Å². The van der Waals surface area contributed by atoms with Gasteiger partial charge in [0.2, 0.25) is 0 Å². The van der Waals surface area contributed by atoms with Gasteiger partial charge in [-0.3, -0.25) is 19.6 Å². The molecule has 10 nitrogen and oxygen atoms in total. The van der Waals surface area contributed by atoms with Gasteiger partial charge in [-0.1, -0.05) is 32.6 Å². The van der Waals surface area contributed by atoms with E-state index in [4.69, 9.17) is 14.7 Å². The van der Waals surface area contributed by atoms with E-state index in [1.165, 1.54) is 0 Å². The van der Waals surface area contributed by atoms with Crippen LogP contribution < -0.4 is 0 Å². The van der Waals surface area contributed by atoms with Gasteiger partial charge >= 0.3 is 17.9 Å². The van der Waals surface area contributed by atoms with Gasteiger partial charge in [-0.15, -0.1) is 0 Å². The van der Waals surface area contributed by atoms with Crippen molar-refractivity contribution >= 4 is 51.6 Å². The molecule has 0 spiro atoms. The van der Waals surface area contributed by atoms with Crippen LogP contribution in [0.3, 0.4) is 0 Å². The lowest BCUT2D eigenvalue weighted by molar-refractivity contribution is -0.142. The maximum Gasteiger partial charge on any atom is 0.338 e. The van der Waals surface area contributed by atoms with Gasteiger partial charge in [0.25, 0.3) is 0 Å². The van der Waals surface area contributed by atoms with E-state index in [-0.39, 0.29) is 42.9 Å². The number of carboxylic acid groups (broad SMARTS) is 2. The molecular weight excluding hydrogens is 584 g/mol. The molecule has 1 aliphatic rings. The number of esters is 1. The van der Waals surface area contributed by atoms with Crippen LogP contribution in [0.5, 0.6) is 0 Å². The predicted octanol–water partition coefficient (Wildman–Crippen LogP) is 7.63. The van der Waals surface area contributed by atoms with Gasteiger partial charge in [-0.2, -0.15) is 0 Å². The smallest absolute Gasteiger partial charge is 0.338 e. The van der Waals surface area contributed by atoms with Gasteiger partial charge in [0.1, 0.15) is 0 Å². The molecule has 0 saturated heterocycles. The summed E-state index contributed by atoms with van der Waals surface area (Å²) in [7, 11) is 0. The Morgan fingerprint density at radius 3 is 2.43 bits per heavy atom. The molecule has 46 heavy (non-hydrogen) atoms. The number of hydrogen-bond donors (Lipinski definition) is 4. The van der Waals surface area contributed by atoms with Gasteiger partial charge in [0.05, 0.1) is 35.5 Å². The van der Waals surface area contributed by atoms with Crippen molar-refractivity contribution in [2.24, 2.45) is 0 Å². The van der Waals surface area contributed by atoms with Crippen LogP contribution in [-0.2, 0) is 20.7 Å². The van der Waals surface area contributed by atoms with Crippen LogP contribution in [0.4, 0.5) is 0 Å². The highest BCUT2D eigenvalue weighted by Crippen LogP contribution is 2.42. The molecule has 0 saturated carbocycles. The number of nitrogens with zero attached hydrogens (tertiary/aromatic N) is 2. The maximum atomic E-state index is 13.0. The summed E-state index contributed by atoms with van der Waals surface area (Å²) in [4.78, 5) is 54.0. The molecule has 0 amide bonds. The Balaban J connectivity index is 2.27. The van der Waals surface area contributed by atoms with E-state index < -0.39 is 23.8 Å². The second kappa shape index (κ2) is 14.4. The Hall–Kier alpha value is -4.99. The number of aryl methyl sites for hydroxylation is 2. The zero-order chi connectivity index (χ0) is 33.7. The second-order valence-electron chi connectivity index (χ2n) is 11.5.